The number of likely N-dealkylation sites (tertiary alicyclic amines) is 1. The molecular weight excluding hydrogens is 849 g/mol. The lowest BCUT2D eigenvalue weighted by Gasteiger charge is -2.26. The summed E-state index contributed by atoms with van der Waals surface area (Å²) in [7, 11) is -3.90. The first-order valence-corrected chi connectivity index (χ1v) is 21.4. The molecule has 0 amide bonds. The Morgan fingerprint density at radius 1 is 0.820 bits per heavy atom. The number of fused-ring (bicyclic) bond motifs is 1. The number of carbonyl (C=O) groups excluding carboxylic acids is 1. The molecule has 2 aromatic heterocycles. The van der Waals surface area contributed by atoms with E-state index in [-0.39, 0.29) is 46.0 Å². The average Bonchev–Trinajstić information content (AvgIpc) is 3.85. The highest BCUT2D eigenvalue weighted by Crippen LogP contribution is 2.42. The van der Waals surface area contributed by atoms with E-state index in [1.54, 1.807) is 66.7 Å². The van der Waals surface area contributed by atoms with Gasteiger partial charge in [0.15, 0.2) is 11.5 Å². The van der Waals surface area contributed by atoms with Gasteiger partial charge in [0.2, 0.25) is 10.0 Å². The Kier molecular flexibility index (Phi) is 13.9. The van der Waals surface area contributed by atoms with Crippen LogP contribution < -0.4 is 9.88 Å². The summed E-state index contributed by atoms with van der Waals surface area (Å²) >= 11 is 1.46. The molecule has 3 heterocycles. The number of phenolic OH excluding ortho intramolecular Hbond substituents is 2. The third-order valence-corrected chi connectivity index (χ3v) is 12.2. The smallest absolute Gasteiger partial charge is 0.435 e. The summed E-state index contributed by atoms with van der Waals surface area (Å²) in [5, 5.41) is 29.1. The summed E-state index contributed by atoms with van der Waals surface area (Å²) in [6.07, 6.45) is -0.757. The Morgan fingerprint density at radius 2 is 1.44 bits per heavy atom. The standard InChI is InChI=1S/C28H27NO4S.C17H14F3N3O2S.ClH/c30-21-8-4-20(5-9-21)28-26(24-13-10-22(31)18-25(24)34-28)27(32)19-6-11-23(12-7-19)33-17-16-29-14-2-1-3-15-29;1-11-2-4-12(5-3-11)15-10-16(17(18,19)20)22-23(15)13-6-8-14(9-7-13)26(21,24)25;/h4-13,18,30-31H,1-3,14-17H2;2-10H,1H3,(H2,21,24,25);1H. The van der Waals surface area contributed by atoms with Crippen LogP contribution in [0.25, 0.3) is 37.5 Å². The number of aromatic hydroxyl groups is 2. The number of hydrogen-bond donors (Lipinski definition) is 3. The number of nitrogens with two attached hydrogens (primary N) is 1. The number of benzene rings is 5. The number of piperidine rings is 1. The molecule has 5 aromatic carbocycles. The van der Waals surface area contributed by atoms with Gasteiger partial charge in [-0.3, -0.25) is 9.69 Å². The summed E-state index contributed by atoms with van der Waals surface area (Å²) in [6, 6.07) is 32.3. The number of halogens is 4. The molecular formula is C45H42ClF3N4O6S2. The van der Waals surface area contributed by atoms with Crippen molar-refractivity contribution in [2.45, 2.75) is 37.3 Å². The van der Waals surface area contributed by atoms with Gasteiger partial charge >= 0.3 is 6.18 Å². The summed E-state index contributed by atoms with van der Waals surface area (Å²) in [5.41, 5.74) is 3.02. The van der Waals surface area contributed by atoms with Crippen LogP contribution in [-0.4, -0.2) is 65.3 Å². The topological polar surface area (TPSA) is 148 Å². The van der Waals surface area contributed by atoms with Gasteiger partial charge in [0, 0.05) is 38.2 Å². The fraction of sp³-hybridized carbons (Fsp3) is 0.200. The second-order valence-corrected chi connectivity index (χ2v) is 17.0. The maximum absolute atomic E-state index is 13.6. The lowest BCUT2D eigenvalue weighted by Crippen LogP contribution is -2.33. The van der Waals surface area contributed by atoms with E-state index in [2.05, 4.69) is 10.00 Å². The molecule has 10 nitrogen and oxygen atoms in total. The van der Waals surface area contributed by atoms with E-state index in [0.29, 0.717) is 23.3 Å². The Balaban J connectivity index is 0.000000208. The third-order valence-electron chi connectivity index (χ3n) is 10.0. The highest BCUT2D eigenvalue weighted by Gasteiger charge is 2.35. The number of carbonyl (C=O) groups is 1. The predicted octanol–water partition coefficient (Wildman–Crippen LogP) is 10.0. The van der Waals surface area contributed by atoms with Crippen molar-refractivity contribution in [2.24, 2.45) is 5.14 Å². The highest BCUT2D eigenvalue weighted by molar-refractivity contribution is 7.89. The maximum atomic E-state index is 13.6. The van der Waals surface area contributed by atoms with E-state index >= 15 is 0 Å². The first-order valence-electron chi connectivity index (χ1n) is 19.1. The minimum absolute atomic E-state index is 0. The Morgan fingerprint density at radius 3 is 2.07 bits per heavy atom. The van der Waals surface area contributed by atoms with E-state index < -0.39 is 21.9 Å². The van der Waals surface area contributed by atoms with Crippen molar-refractivity contribution >= 4 is 49.6 Å². The second kappa shape index (κ2) is 18.9. The number of primary sulfonamides is 1. The van der Waals surface area contributed by atoms with Crippen molar-refractivity contribution in [3.63, 3.8) is 0 Å². The zero-order valence-corrected chi connectivity index (χ0v) is 35.3. The molecule has 1 saturated heterocycles. The van der Waals surface area contributed by atoms with Crippen molar-refractivity contribution in [3.8, 4) is 44.6 Å². The van der Waals surface area contributed by atoms with Crippen LogP contribution in [-0.2, 0) is 16.2 Å². The average molecular weight is 891 g/mol. The van der Waals surface area contributed by atoms with Gasteiger partial charge in [-0.05, 0) is 135 Å². The van der Waals surface area contributed by atoms with Crippen molar-refractivity contribution in [1.29, 1.82) is 0 Å². The van der Waals surface area contributed by atoms with Gasteiger partial charge < -0.3 is 14.9 Å². The van der Waals surface area contributed by atoms with Crippen LogP contribution in [0.4, 0.5) is 13.2 Å². The molecule has 1 aliphatic rings. The molecule has 0 spiro atoms. The number of phenols is 2. The largest absolute Gasteiger partial charge is 0.508 e. The van der Waals surface area contributed by atoms with Crippen LogP contribution in [0.1, 0.15) is 46.4 Å². The molecule has 0 aliphatic carbocycles. The normalized spacial score (nSPS) is 13.3. The Hall–Kier alpha value is -5.71. The number of thiophene rings is 1. The van der Waals surface area contributed by atoms with E-state index in [9.17, 15) is 36.6 Å². The number of aromatic nitrogens is 2. The number of rotatable bonds is 10. The number of aryl methyl sites for hydroxylation is 1. The van der Waals surface area contributed by atoms with Gasteiger partial charge in [-0.15, -0.1) is 23.7 Å². The van der Waals surface area contributed by atoms with E-state index in [1.807, 2.05) is 31.2 Å². The first-order chi connectivity index (χ1) is 28.6. The van der Waals surface area contributed by atoms with Gasteiger partial charge in [0.25, 0.3) is 0 Å². The minimum Gasteiger partial charge on any atom is -0.508 e. The number of ketones is 1. The second-order valence-electron chi connectivity index (χ2n) is 14.4. The molecule has 0 atom stereocenters. The van der Waals surface area contributed by atoms with E-state index in [4.69, 9.17) is 9.88 Å². The van der Waals surface area contributed by atoms with Crippen LogP contribution in [0, 0.1) is 6.92 Å². The monoisotopic (exact) mass is 890 g/mol. The molecule has 0 bridgehead atoms. The van der Waals surface area contributed by atoms with Crippen molar-refractivity contribution in [1.82, 2.24) is 14.7 Å². The molecule has 16 heteroatoms. The number of sulfonamides is 1. The molecule has 0 unspecified atom stereocenters. The van der Waals surface area contributed by atoms with Crippen LogP contribution in [0.15, 0.2) is 126 Å². The van der Waals surface area contributed by atoms with Crippen molar-refractivity contribution in [3.05, 3.63) is 144 Å². The fourth-order valence-electron chi connectivity index (χ4n) is 6.87. The lowest BCUT2D eigenvalue weighted by molar-refractivity contribution is -0.141. The number of hydrogen-bond acceptors (Lipinski definition) is 9. The van der Waals surface area contributed by atoms with E-state index in [1.165, 1.54) is 54.9 Å². The maximum Gasteiger partial charge on any atom is 0.435 e. The highest BCUT2D eigenvalue weighted by atomic mass is 35.5. The molecule has 8 rings (SSSR count). The molecule has 1 fully saturated rings. The van der Waals surface area contributed by atoms with Crippen molar-refractivity contribution in [2.75, 3.05) is 26.2 Å². The Labute approximate surface area is 361 Å². The third kappa shape index (κ3) is 10.8. The van der Waals surface area contributed by atoms with Gasteiger partial charge in [0.1, 0.15) is 23.9 Å². The van der Waals surface area contributed by atoms with Crippen LogP contribution >= 0.6 is 23.7 Å². The lowest BCUT2D eigenvalue weighted by atomic mass is 9.97. The SMILES string of the molecule is Cc1ccc(-c2cc(C(F)(F)F)nn2-c2ccc(S(N)(=O)=O)cc2)cc1.Cl.O=C(c1ccc(OCCN2CCCCC2)cc1)c1c(-c2ccc(O)cc2)sc2cc(O)ccc12. The molecule has 7 aromatic rings. The zero-order chi connectivity index (χ0) is 42.6. The summed E-state index contributed by atoms with van der Waals surface area (Å²) in [6.45, 7) is 5.72. The number of alkyl halides is 3. The number of nitrogens with zero attached hydrogens (tertiary/aromatic N) is 3. The van der Waals surface area contributed by atoms with Gasteiger partial charge in [-0.25, -0.2) is 18.2 Å². The fourth-order valence-corrected chi connectivity index (χ4v) is 8.63. The Bertz CT molecular complexity index is 2720. The number of ether oxygens (including phenoxy) is 1. The van der Waals surface area contributed by atoms with Crippen molar-refractivity contribution < 1.29 is 41.3 Å². The molecule has 1 aliphatic heterocycles. The first kappa shape index (κ1) is 44.8. The molecule has 61 heavy (non-hydrogen) atoms. The quantitative estimate of drug-likeness (QED) is 0.115. The predicted molar refractivity (Wildman–Crippen MR) is 234 cm³/mol. The summed E-state index contributed by atoms with van der Waals surface area (Å²) in [4.78, 5) is 16.8. The van der Waals surface area contributed by atoms with Gasteiger partial charge in [-0.1, -0.05) is 36.2 Å². The van der Waals surface area contributed by atoms with Gasteiger partial charge in [-0.2, -0.15) is 18.3 Å². The van der Waals surface area contributed by atoms with Crippen LogP contribution in [0.2, 0.25) is 0 Å². The summed E-state index contributed by atoms with van der Waals surface area (Å²) in [5.74, 6) is 1.01. The van der Waals surface area contributed by atoms with Crippen LogP contribution in [0.5, 0.6) is 17.2 Å². The molecule has 318 valence electrons. The summed E-state index contributed by atoms with van der Waals surface area (Å²) < 4.78 is 69.9. The molecule has 0 radical (unpaired) electrons. The van der Waals surface area contributed by atoms with Gasteiger partial charge in [0.05, 0.1) is 16.3 Å². The zero-order valence-electron chi connectivity index (χ0n) is 32.8. The van der Waals surface area contributed by atoms with Crippen LogP contribution in [0.3, 0.4) is 0 Å². The minimum atomic E-state index is -4.61. The molecule has 0 saturated carbocycles. The molecule has 4 N–H and O–H groups in total. The van der Waals surface area contributed by atoms with E-state index in [0.717, 1.165) is 62.2 Å².